The van der Waals surface area contributed by atoms with Gasteiger partial charge in [0, 0.05) is 31.1 Å². The average Bonchev–Trinajstić information content (AvgIpc) is 2.78. The Balaban J connectivity index is 1.43. The Hall–Kier alpha value is -2.48. The Kier molecular flexibility index (Phi) is 6.79. The van der Waals surface area contributed by atoms with E-state index in [9.17, 15) is 13.2 Å². The van der Waals surface area contributed by atoms with Crippen molar-refractivity contribution in [3.8, 4) is 0 Å². The molecule has 32 heavy (non-hydrogen) atoms. The number of fused-ring (bicyclic) bond motifs is 1. The lowest BCUT2D eigenvalue weighted by Gasteiger charge is -2.33. The number of aryl methyl sites for hydroxylation is 2. The van der Waals surface area contributed by atoms with Gasteiger partial charge in [-0.05, 0) is 68.0 Å². The molecule has 0 saturated carbocycles. The van der Waals surface area contributed by atoms with Crippen LogP contribution in [0, 0.1) is 12.8 Å². The fraction of sp³-hybridized carbons (Fsp3) is 0.400. The summed E-state index contributed by atoms with van der Waals surface area (Å²) in [4.78, 5) is 14.7. The Labute approximate surface area is 189 Å². The van der Waals surface area contributed by atoms with Crippen LogP contribution in [0.3, 0.4) is 0 Å². The summed E-state index contributed by atoms with van der Waals surface area (Å²) in [6.45, 7) is 6.77. The molecule has 3 aromatic rings. The minimum atomic E-state index is -3.52. The molecule has 2 heterocycles. The van der Waals surface area contributed by atoms with E-state index in [1.54, 1.807) is 30.3 Å². The van der Waals surface area contributed by atoms with E-state index >= 15 is 0 Å². The molecule has 0 radical (unpaired) electrons. The standard InChI is InChI=1S/C25H30N2O4S/c1-3-19-8-11-23-21(14-25(28)31-24(23)13-19)17-27-12-4-5-20(16-27)15-26-32(29,30)22-9-6-18(2)7-10-22/h6-11,13-14,20,26H,3-5,12,15-17H2,1-2H3. The van der Waals surface area contributed by atoms with E-state index in [2.05, 4.69) is 22.6 Å². The maximum atomic E-state index is 12.6. The highest BCUT2D eigenvalue weighted by molar-refractivity contribution is 7.89. The second-order valence-electron chi connectivity index (χ2n) is 8.68. The molecular formula is C25H30N2O4S. The molecule has 1 unspecified atom stereocenters. The van der Waals surface area contributed by atoms with E-state index in [4.69, 9.17) is 4.42 Å². The lowest BCUT2D eigenvalue weighted by molar-refractivity contribution is 0.169. The van der Waals surface area contributed by atoms with Crippen molar-refractivity contribution in [3.63, 3.8) is 0 Å². The number of nitrogens with one attached hydrogen (secondary N) is 1. The number of nitrogens with zero attached hydrogens (tertiary/aromatic N) is 1. The first kappa shape index (κ1) is 22.7. The van der Waals surface area contributed by atoms with E-state index < -0.39 is 10.0 Å². The molecular weight excluding hydrogens is 424 g/mol. The minimum Gasteiger partial charge on any atom is -0.423 e. The van der Waals surface area contributed by atoms with Crippen LogP contribution in [0.5, 0.6) is 0 Å². The van der Waals surface area contributed by atoms with Crippen LogP contribution in [0.4, 0.5) is 0 Å². The summed E-state index contributed by atoms with van der Waals surface area (Å²) in [6.07, 6.45) is 2.86. The Bertz CT molecular complexity index is 1250. The van der Waals surface area contributed by atoms with Crippen molar-refractivity contribution in [1.82, 2.24) is 9.62 Å². The number of hydrogen-bond acceptors (Lipinski definition) is 5. The summed E-state index contributed by atoms with van der Waals surface area (Å²) in [7, 11) is -3.52. The maximum Gasteiger partial charge on any atom is 0.336 e. The molecule has 170 valence electrons. The molecule has 1 N–H and O–H groups in total. The van der Waals surface area contributed by atoms with Crippen molar-refractivity contribution in [1.29, 1.82) is 0 Å². The van der Waals surface area contributed by atoms with Gasteiger partial charge in [-0.3, -0.25) is 4.90 Å². The number of benzene rings is 2. The SMILES string of the molecule is CCc1ccc2c(CN3CCCC(CNS(=O)(=O)c4ccc(C)cc4)C3)cc(=O)oc2c1. The van der Waals surface area contributed by atoms with E-state index in [-0.39, 0.29) is 11.5 Å². The molecule has 1 atom stereocenters. The van der Waals surface area contributed by atoms with Gasteiger partial charge in [-0.25, -0.2) is 17.9 Å². The van der Waals surface area contributed by atoms with E-state index in [1.807, 2.05) is 19.1 Å². The molecule has 4 rings (SSSR count). The van der Waals surface area contributed by atoms with E-state index in [1.165, 1.54) is 0 Å². The second-order valence-corrected chi connectivity index (χ2v) is 10.5. The third-order valence-corrected chi connectivity index (χ3v) is 7.63. The molecule has 1 fully saturated rings. The third kappa shape index (κ3) is 5.28. The van der Waals surface area contributed by atoms with Crippen LogP contribution >= 0.6 is 0 Å². The molecule has 1 aromatic heterocycles. The topological polar surface area (TPSA) is 79.6 Å². The molecule has 1 aliphatic heterocycles. The summed E-state index contributed by atoms with van der Waals surface area (Å²) in [5, 5.41) is 0.962. The van der Waals surface area contributed by atoms with Crippen molar-refractivity contribution in [2.24, 2.45) is 5.92 Å². The van der Waals surface area contributed by atoms with Crippen molar-refractivity contribution >= 4 is 21.0 Å². The lowest BCUT2D eigenvalue weighted by Crippen LogP contribution is -2.40. The fourth-order valence-electron chi connectivity index (χ4n) is 4.36. The van der Waals surface area contributed by atoms with Gasteiger partial charge in [-0.1, -0.05) is 36.8 Å². The number of hydrogen-bond donors (Lipinski definition) is 1. The van der Waals surface area contributed by atoms with Gasteiger partial charge in [-0.2, -0.15) is 0 Å². The summed E-state index contributed by atoms with van der Waals surface area (Å²) in [6, 6.07) is 14.5. The van der Waals surface area contributed by atoms with Gasteiger partial charge in [0.25, 0.3) is 0 Å². The van der Waals surface area contributed by atoms with Crippen LogP contribution in [-0.2, 0) is 23.0 Å². The normalized spacial score (nSPS) is 17.6. The summed E-state index contributed by atoms with van der Waals surface area (Å²) >= 11 is 0. The monoisotopic (exact) mass is 454 g/mol. The van der Waals surface area contributed by atoms with Crippen molar-refractivity contribution in [3.05, 3.63) is 75.6 Å². The Morgan fingerprint density at radius 2 is 1.91 bits per heavy atom. The Morgan fingerprint density at radius 1 is 1.12 bits per heavy atom. The highest BCUT2D eigenvalue weighted by atomic mass is 32.2. The highest BCUT2D eigenvalue weighted by Gasteiger charge is 2.23. The largest absolute Gasteiger partial charge is 0.423 e. The molecule has 0 aliphatic carbocycles. The number of sulfonamides is 1. The van der Waals surface area contributed by atoms with E-state index in [0.29, 0.717) is 23.6 Å². The highest BCUT2D eigenvalue weighted by Crippen LogP contribution is 2.23. The van der Waals surface area contributed by atoms with Crippen LogP contribution in [0.25, 0.3) is 11.0 Å². The van der Waals surface area contributed by atoms with Crippen molar-refractivity contribution in [2.45, 2.75) is 44.6 Å². The zero-order valence-corrected chi connectivity index (χ0v) is 19.5. The summed E-state index contributed by atoms with van der Waals surface area (Å²) in [5.74, 6) is 0.224. The van der Waals surface area contributed by atoms with Gasteiger partial charge in [-0.15, -0.1) is 0 Å². The zero-order valence-electron chi connectivity index (χ0n) is 18.6. The quantitative estimate of drug-likeness (QED) is 0.549. The molecule has 6 nitrogen and oxygen atoms in total. The van der Waals surface area contributed by atoms with Crippen LogP contribution in [0.1, 0.15) is 36.5 Å². The molecule has 1 saturated heterocycles. The lowest BCUT2D eigenvalue weighted by atomic mass is 9.97. The Morgan fingerprint density at radius 3 is 2.66 bits per heavy atom. The molecule has 7 heteroatoms. The first-order chi connectivity index (χ1) is 15.3. The van der Waals surface area contributed by atoms with E-state index in [0.717, 1.165) is 54.4 Å². The molecule has 0 bridgehead atoms. The summed E-state index contributed by atoms with van der Waals surface area (Å²) < 4.78 is 33.5. The maximum absolute atomic E-state index is 12.6. The molecule has 1 aliphatic rings. The van der Waals surface area contributed by atoms with Gasteiger partial charge in [0.05, 0.1) is 4.90 Å². The first-order valence-corrected chi connectivity index (χ1v) is 12.7. The van der Waals surface area contributed by atoms with Crippen LogP contribution < -0.4 is 10.3 Å². The molecule has 0 amide bonds. The van der Waals surface area contributed by atoms with Gasteiger partial charge in [0.2, 0.25) is 10.0 Å². The second kappa shape index (κ2) is 9.57. The zero-order chi connectivity index (χ0) is 22.7. The molecule has 0 spiro atoms. The van der Waals surface area contributed by atoms with Crippen LogP contribution in [0.2, 0.25) is 0 Å². The number of likely N-dealkylation sites (tertiary alicyclic amines) is 1. The summed E-state index contributed by atoms with van der Waals surface area (Å²) in [5.41, 5.74) is 3.42. The predicted molar refractivity (Wildman–Crippen MR) is 126 cm³/mol. The minimum absolute atomic E-state index is 0.224. The van der Waals surface area contributed by atoms with Gasteiger partial charge in [0.15, 0.2) is 0 Å². The third-order valence-electron chi connectivity index (χ3n) is 6.19. The van der Waals surface area contributed by atoms with Crippen LogP contribution in [-0.4, -0.2) is 33.0 Å². The van der Waals surface area contributed by atoms with Gasteiger partial charge >= 0.3 is 5.63 Å². The predicted octanol–water partition coefficient (Wildman–Crippen LogP) is 3.85. The van der Waals surface area contributed by atoms with Gasteiger partial charge in [0.1, 0.15) is 5.58 Å². The average molecular weight is 455 g/mol. The van der Waals surface area contributed by atoms with Crippen molar-refractivity contribution in [2.75, 3.05) is 19.6 Å². The molecule has 2 aromatic carbocycles. The number of rotatable bonds is 7. The smallest absolute Gasteiger partial charge is 0.336 e. The fourth-order valence-corrected chi connectivity index (χ4v) is 5.47. The number of piperidine rings is 1. The van der Waals surface area contributed by atoms with Crippen LogP contribution in [0.15, 0.2) is 62.6 Å². The first-order valence-electron chi connectivity index (χ1n) is 11.2. The van der Waals surface area contributed by atoms with Crippen molar-refractivity contribution < 1.29 is 12.8 Å². The van der Waals surface area contributed by atoms with Gasteiger partial charge < -0.3 is 4.42 Å².